The molecule has 1 aliphatic rings. The van der Waals surface area contributed by atoms with E-state index in [0.717, 1.165) is 49.2 Å². The summed E-state index contributed by atoms with van der Waals surface area (Å²) < 4.78 is 0. The molecule has 0 N–H and O–H groups in total. The highest BCUT2D eigenvalue weighted by atomic mass is 16.1. The number of aliphatic imine (C=N–C) groups is 2. The Morgan fingerprint density at radius 3 is 2.33 bits per heavy atom. The predicted octanol–water partition coefficient (Wildman–Crippen LogP) is 4.33. The fraction of sp³-hybridized carbons (Fsp3) is 0.450. The Bertz CT molecular complexity index is 574. The minimum atomic E-state index is 0.505. The fourth-order valence-electron chi connectivity index (χ4n) is 2.43. The van der Waals surface area contributed by atoms with Gasteiger partial charge < -0.3 is 9.69 Å². The van der Waals surface area contributed by atoms with Crippen LogP contribution in [-0.4, -0.2) is 36.7 Å². The van der Waals surface area contributed by atoms with Gasteiger partial charge in [-0.1, -0.05) is 25.3 Å². The summed E-state index contributed by atoms with van der Waals surface area (Å²) in [6, 6.07) is 0. The average molecular weight is 327 g/mol. The zero-order valence-electron chi connectivity index (χ0n) is 15.2. The highest BCUT2D eigenvalue weighted by molar-refractivity contribution is 5.87. The van der Waals surface area contributed by atoms with Gasteiger partial charge >= 0.3 is 0 Å². The zero-order chi connectivity index (χ0) is 17.9. The van der Waals surface area contributed by atoms with Gasteiger partial charge in [-0.15, -0.1) is 0 Å². The van der Waals surface area contributed by atoms with Crippen molar-refractivity contribution in [3.8, 4) is 0 Å². The summed E-state index contributed by atoms with van der Waals surface area (Å²) in [5.41, 5.74) is 2.65. The average Bonchev–Trinajstić information content (AvgIpc) is 2.60. The van der Waals surface area contributed by atoms with Crippen LogP contribution in [0.5, 0.6) is 0 Å². The van der Waals surface area contributed by atoms with Crippen LogP contribution in [0.4, 0.5) is 0 Å². The molecule has 0 atom stereocenters. The summed E-state index contributed by atoms with van der Waals surface area (Å²) in [6.45, 7) is 15.8. The van der Waals surface area contributed by atoms with Crippen LogP contribution in [0.3, 0.4) is 0 Å². The quantitative estimate of drug-likeness (QED) is 0.378. The maximum Gasteiger partial charge on any atom is 0.121 e. The van der Waals surface area contributed by atoms with Gasteiger partial charge in [0.1, 0.15) is 12.1 Å². The van der Waals surface area contributed by atoms with E-state index < -0.39 is 0 Å². The molecule has 0 amide bonds. The van der Waals surface area contributed by atoms with Crippen LogP contribution in [0, 0.1) is 5.92 Å². The number of carbonyl (C=O) groups is 1. The Balaban J connectivity index is 2.60. The van der Waals surface area contributed by atoms with Gasteiger partial charge in [0.25, 0.3) is 0 Å². The molecule has 24 heavy (non-hydrogen) atoms. The van der Waals surface area contributed by atoms with E-state index in [9.17, 15) is 4.79 Å². The van der Waals surface area contributed by atoms with Gasteiger partial charge in [-0.05, 0) is 45.1 Å². The summed E-state index contributed by atoms with van der Waals surface area (Å²) in [4.78, 5) is 21.6. The van der Waals surface area contributed by atoms with E-state index >= 15 is 0 Å². The number of nitrogens with zero attached hydrogens (tertiary/aromatic N) is 3. The van der Waals surface area contributed by atoms with Crippen LogP contribution >= 0.6 is 0 Å². The number of piperidine rings is 1. The van der Waals surface area contributed by atoms with Crippen molar-refractivity contribution in [2.24, 2.45) is 15.9 Å². The molecular formula is C20H29N3O. The molecule has 1 aliphatic heterocycles. The van der Waals surface area contributed by atoms with Gasteiger partial charge in [-0.25, -0.2) is 4.99 Å². The predicted molar refractivity (Wildman–Crippen MR) is 103 cm³/mol. The highest BCUT2D eigenvalue weighted by Crippen LogP contribution is 2.22. The zero-order valence-corrected chi connectivity index (χ0v) is 15.2. The van der Waals surface area contributed by atoms with E-state index in [2.05, 4.69) is 28.0 Å². The molecular weight excluding hydrogens is 298 g/mol. The normalized spacial score (nSPS) is 17.7. The first-order valence-electron chi connectivity index (χ1n) is 8.45. The third-order valence-corrected chi connectivity index (χ3v) is 4.29. The summed E-state index contributed by atoms with van der Waals surface area (Å²) in [5, 5.41) is 0. The third kappa shape index (κ3) is 6.49. The van der Waals surface area contributed by atoms with Crippen molar-refractivity contribution in [3.05, 3.63) is 48.0 Å². The number of hydrogen-bond donors (Lipinski definition) is 0. The van der Waals surface area contributed by atoms with Gasteiger partial charge in [0, 0.05) is 37.5 Å². The maximum absolute atomic E-state index is 10.6. The first-order chi connectivity index (χ1) is 11.5. The van der Waals surface area contributed by atoms with E-state index in [-0.39, 0.29) is 0 Å². The number of likely N-dealkylation sites (tertiary alicyclic amines) is 1. The number of hydrogen-bond acceptors (Lipinski definition) is 4. The van der Waals surface area contributed by atoms with Gasteiger partial charge in [0.2, 0.25) is 0 Å². The van der Waals surface area contributed by atoms with E-state index in [4.69, 9.17) is 0 Å². The summed E-state index contributed by atoms with van der Waals surface area (Å²) in [7, 11) is 0. The van der Waals surface area contributed by atoms with Crippen LogP contribution in [-0.2, 0) is 4.79 Å². The number of aldehydes is 1. The molecule has 0 aromatic carbocycles. The fourth-order valence-corrected chi connectivity index (χ4v) is 2.43. The Kier molecular flexibility index (Phi) is 8.69. The van der Waals surface area contributed by atoms with Crippen molar-refractivity contribution in [2.45, 2.75) is 40.0 Å². The van der Waals surface area contributed by atoms with Crippen molar-refractivity contribution in [3.63, 3.8) is 0 Å². The smallest absolute Gasteiger partial charge is 0.121 e. The topological polar surface area (TPSA) is 45.0 Å². The van der Waals surface area contributed by atoms with Gasteiger partial charge in [0.15, 0.2) is 0 Å². The molecule has 0 aromatic heterocycles. The molecule has 0 spiro atoms. The molecule has 0 bridgehead atoms. The van der Waals surface area contributed by atoms with Crippen molar-refractivity contribution in [1.29, 1.82) is 0 Å². The first-order valence-corrected chi connectivity index (χ1v) is 8.45. The van der Waals surface area contributed by atoms with Gasteiger partial charge in [-0.3, -0.25) is 4.99 Å². The number of allylic oxidation sites excluding steroid dienone is 4. The van der Waals surface area contributed by atoms with Crippen molar-refractivity contribution >= 4 is 18.7 Å². The Hall–Kier alpha value is -2.23. The van der Waals surface area contributed by atoms with Crippen LogP contribution in [0.15, 0.2) is 58.0 Å². The lowest BCUT2D eigenvalue weighted by atomic mass is 9.94. The maximum atomic E-state index is 10.6. The van der Waals surface area contributed by atoms with Crippen LogP contribution in [0.2, 0.25) is 0 Å². The minimum Gasteiger partial charge on any atom is -0.357 e. The van der Waals surface area contributed by atoms with Gasteiger partial charge in [-0.2, -0.15) is 0 Å². The monoisotopic (exact) mass is 327 g/mol. The molecule has 130 valence electrons. The first kappa shape index (κ1) is 19.8. The summed E-state index contributed by atoms with van der Waals surface area (Å²) in [5.74, 6) is 1.26. The van der Waals surface area contributed by atoms with E-state index in [1.807, 2.05) is 32.9 Å². The van der Waals surface area contributed by atoms with E-state index in [0.29, 0.717) is 18.0 Å². The molecule has 1 fully saturated rings. The SMILES string of the molecule is C=C(N=C/C(C)=C\C)C(/C=N\C(=C)N1CCC(CC=O)CC1)=C/C. The molecule has 1 saturated heterocycles. The molecule has 1 rings (SSSR count). The standard InChI is InChI=1S/C20H29N3O/c1-6-16(3)14-21-17(4)20(7-2)15-22-18(5)23-11-8-19(9-12-23)10-13-24/h6-7,13-15,19H,4-5,8-12H2,1-3H3/b16-6-,20-7+,21-14?,22-15-. The Labute approximate surface area is 146 Å². The Morgan fingerprint density at radius 1 is 1.12 bits per heavy atom. The van der Waals surface area contributed by atoms with Crippen LogP contribution in [0.25, 0.3) is 0 Å². The van der Waals surface area contributed by atoms with Crippen molar-refractivity contribution in [2.75, 3.05) is 13.1 Å². The van der Waals surface area contributed by atoms with E-state index in [1.54, 1.807) is 12.4 Å². The second-order valence-electron chi connectivity index (χ2n) is 5.99. The molecule has 4 heteroatoms. The highest BCUT2D eigenvalue weighted by Gasteiger charge is 2.19. The summed E-state index contributed by atoms with van der Waals surface area (Å²) >= 11 is 0. The molecule has 1 heterocycles. The second-order valence-corrected chi connectivity index (χ2v) is 5.99. The lowest BCUT2D eigenvalue weighted by molar-refractivity contribution is -0.108. The molecule has 0 saturated carbocycles. The molecule has 0 aliphatic carbocycles. The molecule has 0 aromatic rings. The Morgan fingerprint density at radius 2 is 1.79 bits per heavy atom. The number of rotatable bonds is 8. The lowest BCUT2D eigenvalue weighted by Crippen LogP contribution is -2.32. The third-order valence-electron chi connectivity index (χ3n) is 4.29. The second kappa shape index (κ2) is 10.5. The van der Waals surface area contributed by atoms with Crippen molar-refractivity contribution < 1.29 is 4.79 Å². The minimum absolute atomic E-state index is 0.505. The summed E-state index contributed by atoms with van der Waals surface area (Å²) in [6.07, 6.45) is 11.2. The molecule has 0 radical (unpaired) electrons. The van der Waals surface area contributed by atoms with Crippen LogP contribution in [0.1, 0.15) is 40.0 Å². The molecule has 0 unspecified atom stereocenters. The van der Waals surface area contributed by atoms with Gasteiger partial charge in [0.05, 0.1) is 5.70 Å². The van der Waals surface area contributed by atoms with E-state index in [1.165, 1.54) is 0 Å². The number of carbonyl (C=O) groups excluding carboxylic acids is 1. The molecule has 4 nitrogen and oxygen atoms in total. The largest absolute Gasteiger partial charge is 0.357 e. The van der Waals surface area contributed by atoms with Crippen molar-refractivity contribution in [1.82, 2.24) is 4.90 Å². The lowest BCUT2D eigenvalue weighted by Gasteiger charge is -2.32. The van der Waals surface area contributed by atoms with Crippen LogP contribution < -0.4 is 0 Å².